The third-order valence-corrected chi connectivity index (χ3v) is 6.12. The molecule has 1 nitrogen and oxygen atoms in total. The van der Waals surface area contributed by atoms with E-state index >= 15 is 0 Å². The second-order valence-electron chi connectivity index (χ2n) is 6.87. The molecule has 0 amide bonds. The minimum Gasteiger partial charge on any atom is -0.366 e. The number of rotatable bonds is 2. The molecule has 16 heavy (non-hydrogen) atoms. The van der Waals surface area contributed by atoms with Crippen molar-refractivity contribution in [1.82, 2.24) is 0 Å². The molecule has 1 heteroatoms. The normalized spacial score (nSPS) is 61.6. The molecular weight excluding hydrogens is 196 g/mol. The maximum Gasteiger partial charge on any atom is 0.0923 e. The highest BCUT2D eigenvalue weighted by Gasteiger charge is 2.64. The summed E-state index contributed by atoms with van der Waals surface area (Å²) >= 11 is 0. The number of ether oxygens (including phenoxy) is 1. The summed E-state index contributed by atoms with van der Waals surface area (Å²) in [6.45, 7) is 6.26. The maximum atomic E-state index is 5.90. The van der Waals surface area contributed by atoms with Gasteiger partial charge in [0.1, 0.15) is 0 Å². The quantitative estimate of drug-likeness (QED) is 0.511. The molecule has 4 aliphatic rings. The lowest BCUT2D eigenvalue weighted by molar-refractivity contribution is 0.113. The van der Waals surface area contributed by atoms with Gasteiger partial charge >= 0.3 is 0 Å². The maximum absolute atomic E-state index is 5.90. The molecule has 4 rings (SSSR count). The predicted molar refractivity (Wildman–Crippen MR) is 64.0 cm³/mol. The number of fused-ring (bicyclic) bond motifs is 6. The van der Waals surface area contributed by atoms with Crippen LogP contribution in [0.15, 0.2) is 12.7 Å². The van der Waals surface area contributed by atoms with Crippen LogP contribution in [0.3, 0.4) is 0 Å². The molecule has 1 aliphatic heterocycles. The molecule has 0 radical (unpaired) electrons. The van der Waals surface area contributed by atoms with E-state index in [4.69, 9.17) is 4.74 Å². The van der Waals surface area contributed by atoms with E-state index in [1.54, 1.807) is 0 Å². The van der Waals surface area contributed by atoms with Crippen LogP contribution in [0.25, 0.3) is 0 Å². The van der Waals surface area contributed by atoms with Gasteiger partial charge in [0, 0.05) is 0 Å². The Kier molecular flexibility index (Phi) is 1.78. The Morgan fingerprint density at radius 3 is 2.94 bits per heavy atom. The summed E-state index contributed by atoms with van der Waals surface area (Å²) in [6, 6.07) is 0. The highest BCUT2D eigenvalue weighted by atomic mass is 16.6. The largest absolute Gasteiger partial charge is 0.366 e. The summed E-state index contributed by atoms with van der Waals surface area (Å²) in [5, 5.41) is 0. The molecule has 0 N–H and O–H groups in total. The van der Waals surface area contributed by atoms with Gasteiger partial charge in [0.05, 0.1) is 11.7 Å². The molecule has 3 aliphatic carbocycles. The van der Waals surface area contributed by atoms with E-state index in [1.165, 1.54) is 32.1 Å². The van der Waals surface area contributed by atoms with Gasteiger partial charge in [-0.1, -0.05) is 6.08 Å². The summed E-state index contributed by atoms with van der Waals surface area (Å²) in [7, 11) is 0. The smallest absolute Gasteiger partial charge is 0.0923 e. The number of epoxide rings is 1. The van der Waals surface area contributed by atoms with Crippen molar-refractivity contribution in [3.8, 4) is 0 Å². The van der Waals surface area contributed by atoms with Gasteiger partial charge in [-0.3, -0.25) is 0 Å². The second-order valence-corrected chi connectivity index (χ2v) is 6.87. The van der Waals surface area contributed by atoms with Crippen molar-refractivity contribution in [3.63, 3.8) is 0 Å². The number of hydrogen-bond acceptors (Lipinski definition) is 1. The highest BCUT2D eigenvalue weighted by molar-refractivity contribution is 5.13. The first-order valence-corrected chi connectivity index (χ1v) is 7.00. The molecule has 3 saturated carbocycles. The van der Waals surface area contributed by atoms with Crippen molar-refractivity contribution >= 4 is 0 Å². The lowest BCUT2D eigenvalue weighted by Crippen LogP contribution is -2.36. The molecule has 88 valence electrons. The lowest BCUT2D eigenvalue weighted by atomic mass is 9.64. The topological polar surface area (TPSA) is 12.5 Å². The fourth-order valence-electron chi connectivity index (χ4n) is 5.38. The Bertz CT molecular complexity index is 336. The van der Waals surface area contributed by atoms with Crippen LogP contribution < -0.4 is 0 Å². The van der Waals surface area contributed by atoms with Crippen LogP contribution in [0, 0.1) is 29.6 Å². The minimum absolute atomic E-state index is 0.296. The Labute approximate surface area is 98.2 Å². The molecule has 1 saturated heterocycles. The molecule has 0 unspecified atom stereocenters. The van der Waals surface area contributed by atoms with Crippen LogP contribution in [0.1, 0.15) is 39.0 Å². The SMILES string of the molecule is C=CC[C@@H]1C[C@H]2C[C@H]1[C@@H]1C[C@]3(C)O[C@H]3C[C@H]21. The van der Waals surface area contributed by atoms with Gasteiger partial charge in [-0.2, -0.15) is 0 Å². The fourth-order valence-corrected chi connectivity index (χ4v) is 5.38. The van der Waals surface area contributed by atoms with Gasteiger partial charge in [-0.05, 0) is 68.6 Å². The minimum atomic E-state index is 0.296. The van der Waals surface area contributed by atoms with Crippen molar-refractivity contribution in [2.75, 3.05) is 0 Å². The third-order valence-electron chi connectivity index (χ3n) is 6.12. The van der Waals surface area contributed by atoms with Crippen molar-refractivity contribution in [2.24, 2.45) is 29.6 Å². The first kappa shape index (κ1) is 9.70. The van der Waals surface area contributed by atoms with Gasteiger partial charge in [-0.25, -0.2) is 0 Å². The van der Waals surface area contributed by atoms with Crippen LogP contribution in [0.5, 0.6) is 0 Å². The van der Waals surface area contributed by atoms with E-state index in [1.807, 2.05) is 0 Å². The van der Waals surface area contributed by atoms with Gasteiger partial charge < -0.3 is 4.74 Å². The third kappa shape index (κ3) is 1.11. The van der Waals surface area contributed by atoms with E-state index in [0.717, 1.165) is 29.6 Å². The van der Waals surface area contributed by atoms with Crippen molar-refractivity contribution < 1.29 is 4.74 Å². The van der Waals surface area contributed by atoms with E-state index in [2.05, 4.69) is 19.6 Å². The summed E-state index contributed by atoms with van der Waals surface area (Å²) in [5.41, 5.74) is 0.296. The first-order chi connectivity index (χ1) is 7.71. The van der Waals surface area contributed by atoms with Crippen molar-refractivity contribution in [2.45, 2.75) is 50.7 Å². The van der Waals surface area contributed by atoms with Crippen LogP contribution in [0.4, 0.5) is 0 Å². The van der Waals surface area contributed by atoms with Crippen LogP contribution in [0.2, 0.25) is 0 Å². The Morgan fingerprint density at radius 2 is 2.12 bits per heavy atom. The van der Waals surface area contributed by atoms with E-state index < -0.39 is 0 Å². The van der Waals surface area contributed by atoms with Gasteiger partial charge in [0.25, 0.3) is 0 Å². The zero-order chi connectivity index (χ0) is 10.9. The molecule has 0 aromatic heterocycles. The summed E-state index contributed by atoms with van der Waals surface area (Å²) in [4.78, 5) is 0. The van der Waals surface area contributed by atoms with Gasteiger partial charge in [0.15, 0.2) is 0 Å². The van der Waals surface area contributed by atoms with Crippen molar-refractivity contribution in [3.05, 3.63) is 12.7 Å². The monoisotopic (exact) mass is 218 g/mol. The molecule has 2 bridgehead atoms. The fraction of sp³-hybridized carbons (Fsp3) is 0.867. The molecule has 7 atom stereocenters. The summed E-state index contributed by atoms with van der Waals surface area (Å²) < 4.78 is 5.90. The van der Waals surface area contributed by atoms with Gasteiger partial charge in [0.2, 0.25) is 0 Å². The average molecular weight is 218 g/mol. The predicted octanol–water partition coefficient (Wildman–Crippen LogP) is 3.40. The first-order valence-electron chi connectivity index (χ1n) is 7.00. The molecule has 1 heterocycles. The zero-order valence-corrected chi connectivity index (χ0v) is 10.2. The van der Waals surface area contributed by atoms with E-state index in [-0.39, 0.29) is 0 Å². The Hall–Kier alpha value is -0.300. The second kappa shape index (κ2) is 2.93. The van der Waals surface area contributed by atoms with Gasteiger partial charge in [-0.15, -0.1) is 6.58 Å². The summed E-state index contributed by atoms with van der Waals surface area (Å²) in [6.07, 6.45) is 9.77. The number of allylic oxidation sites excluding steroid dienone is 1. The summed E-state index contributed by atoms with van der Waals surface area (Å²) in [5.74, 6) is 5.02. The Balaban J connectivity index is 1.57. The molecule has 4 fully saturated rings. The van der Waals surface area contributed by atoms with Crippen molar-refractivity contribution in [1.29, 1.82) is 0 Å². The zero-order valence-electron chi connectivity index (χ0n) is 10.2. The van der Waals surface area contributed by atoms with Crippen LogP contribution >= 0.6 is 0 Å². The Morgan fingerprint density at radius 1 is 1.25 bits per heavy atom. The van der Waals surface area contributed by atoms with E-state index in [9.17, 15) is 0 Å². The molecule has 0 aromatic carbocycles. The molecular formula is C15H22O. The molecule has 0 spiro atoms. The standard InChI is InChI=1S/C15H22O/c1-3-4-9-5-10-6-11(9)13-8-15(2)14(16-15)7-12(10)13/h3,9-14H,1,4-8H2,2H3/t9-,10+,11-,12-,13+,14+,15+/m1/s1. The lowest BCUT2D eigenvalue weighted by Gasteiger charge is -2.39. The highest BCUT2D eigenvalue weighted by Crippen LogP contribution is 2.65. The van der Waals surface area contributed by atoms with E-state index in [0.29, 0.717) is 11.7 Å². The van der Waals surface area contributed by atoms with Crippen LogP contribution in [-0.2, 0) is 4.74 Å². The molecule has 0 aromatic rings. The van der Waals surface area contributed by atoms with Crippen LogP contribution in [-0.4, -0.2) is 11.7 Å². The number of hydrogen-bond donors (Lipinski definition) is 0. The average Bonchev–Trinajstić information content (AvgIpc) is 2.61.